The van der Waals surface area contributed by atoms with E-state index >= 15 is 0 Å². The lowest BCUT2D eigenvalue weighted by molar-refractivity contribution is 0.0966. The van der Waals surface area contributed by atoms with Crippen LogP contribution in [0.5, 0.6) is 0 Å². The molecular formula is C26H26N6O. The van der Waals surface area contributed by atoms with Gasteiger partial charge in [-0.25, -0.2) is 9.97 Å². The molecule has 1 fully saturated rings. The number of benzene rings is 1. The van der Waals surface area contributed by atoms with Crippen LogP contribution in [0.15, 0.2) is 55.0 Å². The monoisotopic (exact) mass is 438 g/mol. The van der Waals surface area contributed by atoms with Crippen LogP contribution in [-0.2, 0) is 6.54 Å². The van der Waals surface area contributed by atoms with Gasteiger partial charge in [-0.15, -0.1) is 0 Å². The molecule has 1 amide bonds. The van der Waals surface area contributed by atoms with Crippen molar-refractivity contribution >= 4 is 28.7 Å². The van der Waals surface area contributed by atoms with Crippen LogP contribution in [0.1, 0.15) is 40.7 Å². The molecule has 2 aliphatic rings. The maximum absolute atomic E-state index is 12.8. The molecule has 7 heteroatoms. The zero-order chi connectivity index (χ0) is 22.4. The summed E-state index contributed by atoms with van der Waals surface area (Å²) in [6, 6.07) is 12.2. The quantitative estimate of drug-likeness (QED) is 0.484. The number of fused-ring (bicyclic) bond motifs is 2. The van der Waals surface area contributed by atoms with Crippen LogP contribution in [0.4, 0.5) is 17.2 Å². The highest BCUT2D eigenvalue weighted by Crippen LogP contribution is 2.35. The maximum atomic E-state index is 12.8. The van der Waals surface area contributed by atoms with E-state index in [2.05, 4.69) is 61.1 Å². The molecule has 7 nitrogen and oxygen atoms in total. The largest absolute Gasteiger partial charge is 0.370 e. The molecule has 0 aliphatic carbocycles. The molecule has 1 saturated heterocycles. The maximum Gasteiger partial charge on any atom is 0.254 e. The molecule has 0 radical (unpaired) electrons. The van der Waals surface area contributed by atoms with Crippen molar-refractivity contribution in [2.45, 2.75) is 32.7 Å². The van der Waals surface area contributed by atoms with Gasteiger partial charge >= 0.3 is 0 Å². The van der Waals surface area contributed by atoms with Gasteiger partial charge in [-0.3, -0.25) is 9.20 Å². The summed E-state index contributed by atoms with van der Waals surface area (Å²) in [5.41, 5.74) is 7.64. The summed E-state index contributed by atoms with van der Waals surface area (Å²) in [5.74, 6) is 0.666. The van der Waals surface area contributed by atoms with Crippen LogP contribution >= 0.6 is 0 Å². The van der Waals surface area contributed by atoms with Gasteiger partial charge in [-0.1, -0.05) is 6.07 Å². The fourth-order valence-corrected chi connectivity index (χ4v) is 4.91. The van der Waals surface area contributed by atoms with Crippen molar-refractivity contribution < 1.29 is 4.79 Å². The average Bonchev–Trinajstić information content (AvgIpc) is 3.44. The van der Waals surface area contributed by atoms with Gasteiger partial charge in [0.2, 0.25) is 0 Å². The molecule has 0 spiro atoms. The molecule has 33 heavy (non-hydrogen) atoms. The first kappa shape index (κ1) is 19.8. The Morgan fingerprint density at radius 2 is 1.88 bits per heavy atom. The summed E-state index contributed by atoms with van der Waals surface area (Å²) in [5, 5.41) is 6.36. The third kappa shape index (κ3) is 3.50. The molecular weight excluding hydrogens is 412 g/mol. The third-order valence-electron chi connectivity index (χ3n) is 6.64. The van der Waals surface area contributed by atoms with Gasteiger partial charge in [0.05, 0.1) is 35.0 Å². The Morgan fingerprint density at radius 1 is 1.00 bits per heavy atom. The second-order valence-corrected chi connectivity index (χ2v) is 8.85. The van der Waals surface area contributed by atoms with Gasteiger partial charge in [0.25, 0.3) is 5.91 Å². The van der Waals surface area contributed by atoms with Crippen LogP contribution in [0.2, 0.25) is 0 Å². The van der Waals surface area contributed by atoms with Crippen LogP contribution in [-0.4, -0.2) is 33.4 Å². The van der Waals surface area contributed by atoms with Gasteiger partial charge in [0.1, 0.15) is 11.5 Å². The Morgan fingerprint density at radius 3 is 2.70 bits per heavy atom. The fraction of sp³-hybridized carbons (Fsp3) is 0.269. The highest BCUT2D eigenvalue weighted by atomic mass is 16.1. The summed E-state index contributed by atoms with van der Waals surface area (Å²) in [4.78, 5) is 24.3. The summed E-state index contributed by atoms with van der Waals surface area (Å²) in [6.07, 6.45) is 9.61. The van der Waals surface area contributed by atoms with Crippen molar-refractivity contribution in [1.82, 2.24) is 19.7 Å². The Bertz CT molecular complexity index is 1350. The zero-order valence-corrected chi connectivity index (χ0v) is 18.6. The van der Waals surface area contributed by atoms with E-state index in [9.17, 15) is 4.79 Å². The normalized spacial score (nSPS) is 15.5. The second-order valence-electron chi connectivity index (χ2n) is 8.85. The van der Waals surface area contributed by atoms with E-state index in [-0.39, 0.29) is 5.91 Å². The molecule has 0 saturated carbocycles. The van der Waals surface area contributed by atoms with Crippen molar-refractivity contribution in [3.63, 3.8) is 0 Å². The summed E-state index contributed by atoms with van der Waals surface area (Å²) < 4.78 is 2.07. The van der Waals surface area contributed by atoms with Crippen LogP contribution in [0.25, 0.3) is 16.9 Å². The lowest BCUT2D eigenvalue weighted by Gasteiger charge is -2.28. The number of aryl methyl sites for hydroxylation is 1. The van der Waals surface area contributed by atoms with E-state index in [0.29, 0.717) is 12.1 Å². The van der Waals surface area contributed by atoms with Crippen LogP contribution < -0.4 is 15.5 Å². The summed E-state index contributed by atoms with van der Waals surface area (Å²) in [7, 11) is 0. The molecule has 0 unspecified atom stereocenters. The first-order valence-electron chi connectivity index (χ1n) is 11.5. The Kier molecular flexibility index (Phi) is 4.75. The van der Waals surface area contributed by atoms with E-state index in [1.54, 1.807) is 0 Å². The molecule has 2 N–H and O–H groups in total. The zero-order valence-electron chi connectivity index (χ0n) is 18.6. The van der Waals surface area contributed by atoms with Gasteiger partial charge in [0, 0.05) is 31.4 Å². The number of rotatable bonds is 4. The lowest BCUT2D eigenvalue weighted by Crippen LogP contribution is -2.29. The first-order chi connectivity index (χ1) is 16.2. The Labute approximate surface area is 192 Å². The molecule has 0 bridgehead atoms. The van der Waals surface area contributed by atoms with Crippen molar-refractivity contribution in [3.05, 3.63) is 71.7 Å². The van der Waals surface area contributed by atoms with E-state index in [1.807, 2.05) is 30.7 Å². The molecule has 1 aromatic carbocycles. The van der Waals surface area contributed by atoms with Crippen LogP contribution in [0, 0.1) is 6.92 Å². The molecule has 5 heterocycles. The molecule has 2 aliphatic heterocycles. The average molecular weight is 439 g/mol. The molecule has 166 valence electrons. The second kappa shape index (κ2) is 7.92. The number of aromatic nitrogens is 3. The number of carbonyl (C=O) groups is 1. The standard InChI is InChI=1S/C26H26N6O/c1-17-9-12-32-22(16-28-24(32)13-17)19-6-7-21(25-20(19)15-29-26(25)33)30-23-8-5-18(14-27-23)31-10-3-2-4-11-31/h5-9,12-14,16H,2-4,10-11,15H2,1H3,(H,27,30)(H,29,33). The number of hydrogen-bond acceptors (Lipinski definition) is 5. The van der Waals surface area contributed by atoms with Crippen LogP contribution in [0.3, 0.4) is 0 Å². The van der Waals surface area contributed by atoms with Crippen molar-refractivity contribution in [1.29, 1.82) is 0 Å². The molecule has 3 aromatic heterocycles. The SMILES string of the molecule is Cc1ccn2c(-c3ccc(Nc4ccc(N5CCCCC5)cn4)c4c3CNC4=O)cnc2c1. The highest BCUT2D eigenvalue weighted by Gasteiger charge is 2.27. The van der Waals surface area contributed by atoms with E-state index in [0.717, 1.165) is 52.8 Å². The van der Waals surface area contributed by atoms with E-state index in [4.69, 9.17) is 0 Å². The number of imidazole rings is 1. The predicted octanol–water partition coefficient (Wildman–Crippen LogP) is 4.68. The van der Waals surface area contributed by atoms with Gasteiger partial charge in [-0.05, 0) is 67.6 Å². The van der Waals surface area contributed by atoms with Crippen molar-refractivity contribution in [2.24, 2.45) is 0 Å². The molecule has 0 atom stereocenters. The molecule has 6 rings (SSSR count). The fourth-order valence-electron chi connectivity index (χ4n) is 4.91. The van der Waals surface area contributed by atoms with Crippen molar-refractivity contribution in [3.8, 4) is 11.3 Å². The number of piperidine rings is 1. The minimum atomic E-state index is -0.0658. The first-order valence-corrected chi connectivity index (χ1v) is 11.5. The third-order valence-corrected chi connectivity index (χ3v) is 6.64. The van der Waals surface area contributed by atoms with E-state index in [1.165, 1.54) is 24.8 Å². The number of nitrogens with one attached hydrogen (secondary N) is 2. The topological polar surface area (TPSA) is 74.6 Å². The number of anilines is 3. The highest BCUT2D eigenvalue weighted by molar-refractivity contribution is 6.06. The van der Waals surface area contributed by atoms with E-state index < -0.39 is 0 Å². The number of amides is 1. The van der Waals surface area contributed by atoms with Gasteiger partial charge < -0.3 is 15.5 Å². The number of carbonyl (C=O) groups excluding carboxylic acids is 1. The minimum absolute atomic E-state index is 0.0658. The van der Waals surface area contributed by atoms with Gasteiger partial charge in [0.15, 0.2) is 0 Å². The smallest absolute Gasteiger partial charge is 0.254 e. The Hall–Kier alpha value is -3.87. The number of hydrogen-bond donors (Lipinski definition) is 2. The minimum Gasteiger partial charge on any atom is -0.370 e. The van der Waals surface area contributed by atoms with Gasteiger partial charge in [-0.2, -0.15) is 0 Å². The summed E-state index contributed by atoms with van der Waals surface area (Å²) >= 11 is 0. The van der Waals surface area contributed by atoms with Crippen molar-refractivity contribution in [2.75, 3.05) is 23.3 Å². The predicted molar refractivity (Wildman–Crippen MR) is 130 cm³/mol. The summed E-state index contributed by atoms with van der Waals surface area (Å²) in [6.45, 7) is 4.74. The lowest BCUT2D eigenvalue weighted by atomic mass is 9.99. The number of pyridine rings is 2. The Balaban J connectivity index is 1.33. The molecule has 4 aromatic rings. The number of nitrogens with zero attached hydrogens (tertiary/aromatic N) is 4.